The van der Waals surface area contributed by atoms with Crippen molar-refractivity contribution in [3.05, 3.63) is 17.6 Å². The largest absolute Gasteiger partial charge is 0.378 e. The van der Waals surface area contributed by atoms with Gasteiger partial charge in [0.05, 0.1) is 31.1 Å². The Hall–Kier alpha value is -2.73. The van der Waals surface area contributed by atoms with Gasteiger partial charge in [0.2, 0.25) is 11.8 Å². The highest BCUT2D eigenvalue weighted by Crippen LogP contribution is 2.42. The average Bonchev–Trinajstić information content (AvgIpc) is 3.41. The Morgan fingerprint density at radius 2 is 1.88 bits per heavy atom. The molecule has 6 rings (SSSR count). The predicted octanol–water partition coefficient (Wildman–Crippen LogP) is 3.87. The molecule has 4 aliphatic rings. The minimum Gasteiger partial charge on any atom is -0.378 e. The number of hydrogen-bond donors (Lipinski definition) is 1. The van der Waals surface area contributed by atoms with Gasteiger partial charge in [0.15, 0.2) is 5.82 Å². The van der Waals surface area contributed by atoms with E-state index < -0.39 is 5.92 Å². The predicted molar refractivity (Wildman–Crippen MR) is 159 cm³/mol. The normalized spacial score (nSPS) is 25.6. The van der Waals surface area contributed by atoms with Gasteiger partial charge in [-0.05, 0) is 38.5 Å². The molecule has 2 aromatic rings. The molecular formula is C31H47F2N7O3. The maximum atomic E-state index is 13.7. The average molecular weight is 604 g/mol. The van der Waals surface area contributed by atoms with Crippen LogP contribution in [0.5, 0.6) is 0 Å². The van der Waals surface area contributed by atoms with Crippen molar-refractivity contribution in [1.82, 2.24) is 29.8 Å². The maximum Gasteiger partial charge on any atom is 0.252 e. The highest BCUT2D eigenvalue weighted by atomic mass is 19.3. The first-order valence-corrected chi connectivity index (χ1v) is 16.0. The Balaban J connectivity index is 0.000000559. The second kappa shape index (κ2) is 13.5. The van der Waals surface area contributed by atoms with Crippen LogP contribution in [0.2, 0.25) is 0 Å². The van der Waals surface area contributed by atoms with Crippen LogP contribution in [0.25, 0.3) is 5.78 Å². The third kappa shape index (κ3) is 7.68. The zero-order chi connectivity index (χ0) is 30.7. The van der Waals surface area contributed by atoms with E-state index in [0.717, 1.165) is 69.4 Å². The lowest BCUT2D eigenvalue weighted by Gasteiger charge is -2.44. The number of morpholine rings is 1. The molecule has 4 fully saturated rings. The zero-order valence-corrected chi connectivity index (χ0v) is 26.0. The summed E-state index contributed by atoms with van der Waals surface area (Å²) < 4.78 is 34.9. The Kier molecular flexibility index (Phi) is 9.95. The highest BCUT2D eigenvalue weighted by molar-refractivity contribution is 5.79. The standard InChI is InChI=1S/C26H37F2N7O2.C5H10O/c1-17(18-4-6-26(27,28)7-5-18)22-15-35-25(30-22)31-23(21(32-35)13-19-3-2-8-29-24(19)36)34-10-9-33-11-12-37-16-20(33)14-34;1-4(2)5(3)6/h15,17-20H,2-14,16H2,1H3,(H,29,36);4H,1-3H3/t17?,19-,20?;/m1./s1. The number of piperidine rings is 1. The molecule has 238 valence electrons. The van der Waals surface area contributed by atoms with Crippen LogP contribution in [-0.2, 0) is 20.7 Å². The van der Waals surface area contributed by atoms with Crippen LogP contribution in [0, 0.1) is 17.8 Å². The van der Waals surface area contributed by atoms with Crippen molar-refractivity contribution in [1.29, 1.82) is 0 Å². The Bertz CT molecular complexity index is 1280. The number of rotatable bonds is 6. The summed E-state index contributed by atoms with van der Waals surface area (Å²) >= 11 is 0. The minimum atomic E-state index is -2.54. The van der Waals surface area contributed by atoms with Gasteiger partial charge >= 0.3 is 0 Å². The van der Waals surface area contributed by atoms with Gasteiger partial charge in [-0.15, -0.1) is 0 Å². The van der Waals surface area contributed by atoms with E-state index in [1.807, 2.05) is 20.0 Å². The zero-order valence-electron chi connectivity index (χ0n) is 26.0. The Labute approximate surface area is 252 Å². The lowest BCUT2D eigenvalue weighted by atomic mass is 9.78. The van der Waals surface area contributed by atoms with Crippen molar-refractivity contribution in [3.8, 4) is 0 Å². The number of nitrogens with one attached hydrogen (secondary N) is 1. The topological polar surface area (TPSA) is 105 Å². The second-order valence-corrected chi connectivity index (χ2v) is 13.1. The van der Waals surface area contributed by atoms with Crippen molar-refractivity contribution in [2.45, 2.75) is 90.5 Å². The molecule has 0 radical (unpaired) electrons. The second-order valence-electron chi connectivity index (χ2n) is 13.1. The number of fused-ring (bicyclic) bond motifs is 2. The molecule has 1 amide bonds. The van der Waals surface area contributed by atoms with Crippen molar-refractivity contribution in [2.75, 3.05) is 50.8 Å². The monoisotopic (exact) mass is 603 g/mol. The molecule has 0 bridgehead atoms. The van der Waals surface area contributed by atoms with Gasteiger partial charge in [0.25, 0.3) is 5.78 Å². The number of carbonyl (C=O) groups excluding carboxylic acids is 2. The fraction of sp³-hybridized carbons (Fsp3) is 0.774. The smallest absolute Gasteiger partial charge is 0.252 e. The number of amides is 1. The number of alkyl halides is 2. The molecule has 3 saturated heterocycles. The highest BCUT2D eigenvalue weighted by Gasteiger charge is 2.38. The van der Waals surface area contributed by atoms with Gasteiger partial charge in [-0.25, -0.2) is 18.3 Å². The van der Waals surface area contributed by atoms with Crippen molar-refractivity contribution in [3.63, 3.8) is 0 Å². The third-order valence-electron chi connectivity index (χ3n) is 9.71. The fourth-order valence-corrected chi connectivity index (χ4v) is 6.47. The number of Topliss-reactive ketones (excluding diaryl/α,β-unsaturated/α-hetero) is 1. The molecule has 1 N–H and O–H groups in total. The van der Waals surface area contributed by atoms with E-state index in [0.29, 0.717) is 37.7 Å². The molecule has 0 spiro atoms. The van der Waals surface area contributed by atoms with Crippen LogP contribution in [0.15, 0.2) is 6.20 Å². The molecule has 2 aromatic heterocycles. The first kappa shape index (κ1) is 31.7. The van der Waals surface area contributed by atoms with E-state index in [2.05, 4.69) is 22.0 Å². The van der Waals surface area contributed by atoms with Crippen LogP contribution in [0.3, 0.4) is 0 Å². The molecule has 1 saturated carbocycles. The van der Waals surface area contributed by atoms with E-state index in [-0.39, 0.29) is 48.2 Å². The van der Waals surface area contributed by atoms with Crippen LogP contribution >= 0.6 is 0 Å². The van der Waals surface area contributed by atoms with Gasteiger partial charge in [-0.2, -0.15) is 10.1 Å². The Morgan fingerprint density at radius 1 is 1.14 bits per heavy atom. The van der Waals surface area contributed by atoms with E-state index >= 15 is 0 Å². The van der Waals surface area contributed by atoms with Crippen LogP contribution < -0.4 is 10.2 Å². The summed E-state index contributed by atoms with van der Waals surface area (Å²) in [6.07, 6.45) is 5.14. The number of piperazine rings is 1. The van der Waals surface area contributed by atoms with Crippen molar-refractivity contribution in [2.24, 2.45) is 17.8 Å². The number of ketones is 1. The number of aromatic nitrogens is 4. The number of nitrogens with zero attached hydrogens (tertiary/aromatic N) is 6. The van der Waals surface area contributed by atoms with Gasteiger partial charge < -0.3 is 15.0 Å². The molecule has 3 aliphatic heterocycles. The summed E-state index contributed by atoms with van der Waals surface area (Å²) in [5, 5.41) is 7.95. The summed E-state index contributed by atoms with van der Waals surface area (Å²) in [7, 11) is 0. The molecular weight excluding hydrogens is 556 g/mol. The third-order valence-corrected chi connectivity index (χ3v) is 9.71. The number of imidazole rings is 1. The molecule has 2 unspecified atom stereocenters. The first-order valence-electron chi connectivity index (χ1n) is 16.0. The number of hydrogen-bond acceptors (Lipinski definition) is 8. The molecule has 0 aromatic carbocycles. The van der Waals surface area contributed by atoms with Gasteiger partial charge in [0.1, 0.15) is 11.5 Å². The molecule has 1 aliphatic carbocycles. The summed E-state index contributed by atoms with van der Waals surface area (Å²) in [6.45, 7) is 13.2. The van der Waals surface area contributed by atoms with E-state index in [1.54, 1.807) is 11.4 Å². The summed E-state index contributed by atoms with van der Waals surface area (Å²) in [6, 6.07) is 0.311. The van der Waals surface area contributed by atoms with Crippen molar-refractivity contribution >= 4 is 23.3 Å². The lowest BCUT2D eigenvalue weighted by molar-refractivity contribution is -0.126. The fourth-order valence-electron chi connectivity index (χ4n) is 6.47. The molecule has 10 nitrogen and oxygen atoms in total. The summed E-state index contributed by atoms with van der Waals surface area (Å²) in [5.74, 6) is -0.549. The minimum absolute atomic E-state index is 0.0542. The van der Waals surface area contributed by atoms with Crippen LogP contribution in [-0.4, -0.2) is 94.1 Å². The lowest BCUT2D eigenvalue weighted by Crippen LogP contribution is -2.58. The maximum absolute atomic E-state index is 13.7. The number of ether oxygens (including phenoxy) is 1. The van der Waals surface area contributed by atoms with E-state index in [4.69, 9.17) is 19.8 Å². The van der Waals surface area contributed by atoms with E-state index in [9.17, 15) is 18.4 Å². The number of carbonyl (C=O) groups is 2. The SMILES string of the molecule is CC(=O)C(C)C.CC(c1cn2nc(C[C@H]3CCCNC3=O)c(N3CCN4CCOCC4C3)nc2n1)C1CCC(F)(F)CC1. The molecule has 43 heavy (non-hydrogen) atoms. The van der Waals surface area contributed by atoms with E-state index in [1.165, 1.54) is 0 Å². The first-order chi connectivity index (χ1) is 20.5. The van der Waals surface area contributed by atoms with Gasteiger partial charge in [-0.3, -0.25) is 14.5 Å². The van der Waals surface area contributed by atoms with Gasteiger partial charge in [-0.1, -0.05) is 20.8 Å². The number of anilines is 1. The quantitative estimate of drug-likeness (QED) is 0.531. The molecule has 12 heteroatoms. The summed E-state index contributed by atoms with van der Waals surface area (Å²) in [4.78, 5) is 37.3. The van der Waals surface area contributed by atoms with Crippen LogP contribution in [0.1, 0.15) is 83.5 Å². The van der Waals surface area contributed by atoms with Gasteiger partial charge in [0, 0.05) is 69.7 Å². The molecule has 5 heterocycles. The van der Waals surface area contributed by atoms with Crippen LogP contribution in [0.4, 0.5) is 14.6 Å². The summed E-state index contributed by atoms with van der Waals surface area (Å²) in [5.41, 5.74) is 1.66. The van der Waals surface area contributed by atoms with Crippen molar-refractivity contribution < 1.29 is 23.1 Å². The Morgan fingerprint density at radius 3 is 2.58 bits per heavy atom. The molecule has 3 atom stereocenters. The number of halogens is 2.